The molecule has 0 atom stereocenters. The zero-order valence-corrected chi connectivity index (χ0v) is 8.24. The standard InChI is InChI=1S/C11H9N3O/c1-9(15)13-6-2-4-10-5-3-7-14-11(10)8-12/h3,5,7H,6H2,1H3,(H,13,15). The van der Waals surface area contributed by atoms with Crippen LogP contribution in [0.5, 0.6) is 0 Å². The molecule has 0 saturated carbocycles. The van der Waals surface area contributed by atoms with Gasteiger partial charge in [-0.2, -0.15) is 5.26 Å². The minimum absolute atomic E-state index is 0.129. The highest BCUT2D eigenvalue weighted by Crippen LogP contribution is 2.00. The van der Waals surface area contributed by atoms with Crippen molar-refractivity contribution in [3.63, 3.8) is 0 Å². The van der Waals surface area contributed by atoms with E-state index in [1.807, 2.05) is 6.07 Å². The van der Waals surface area contributed by atoms with Crippen LogP contribution in [0, 0.1) is 23.2 Å². The topological polar surface area (TPSA) is 65.8 Å². The fourth-order valence-corrected chi connectivity index (χ4v) is 0.903. The minimum Gasteiger partial charge on any atom is -0.345 e. The Bertz CT molecular complexity index is 463. The monoisotopic (exact) mass is 199 g/mol. The summed E-state index contributed by atoms with van der Waals surface area (Å²) in [6, 6.07) is 5.37. The third-order valence-corrected chi connectivity index (χ3v) is 1.56. The van der Waals surface area contributed by atoms with E-state index >= 15 is 0 Å². The predicted molar refractivity (Wildman–Crippen MR) is 54.5 cm³/mol. The van der Waals surface area contributed by atoms with E-state index in [1.54, 1.807) is 12.1 Å². The van der Waals surface area contributed by atoms with Crippen molar-refractivity contribution in [1.29, 1.82) is 5.26 Å². The Hall–Kier alpha value is -2.33. The summed E-state index contributed by atoms with van der Waals surface area (Å²) in [5.41, 5.74) is 0.873. The highest BCUT2D eigenvalue weighted by atomic mass is 16.1. The van der Waals surface area contributed by atoms with Gasteiger partial charge in [-0.25, -0.2) is 4.98 Å². The molecule has 0 saturated heterocycles. The van der Waals surface area contributed by atoms with Crippen LogP contribution in [0.15, 0.2) is 18.3 Å². The first kappa shape index (κ1) is 10.7. The molecule has 1 aromatic heterocycles. The van der Waals surface area contributed by atoms with Gasteiger partial charge in [0.25, 0.3) is 0 Å². The first-order valence-corrected chi connectivity index (χ1v) is 4.32. The number of nitrogens with zero attached hydrogens (tertiary/aromatic N) is 2. The molecule has 74 valence electrons. The summed E-state index contributed by atoms with van der Waals surface area (Å²) in [5.74, 6) is 5.38. The molecule has 0 unspecified atom stereocenters. The minimum atomic E-state index is -0.129. The summed E-state index contributed by atoms with van der Waals surface area (Å²) in [6.45, 7) is 1.70. The van der Waals surface area contributed by atoms with Gasteiger partial charge in [0, 0.05) is 13.1 Å². The van der Waals surface area contributed by atoms with E-state index < -0.39 is 0 Å². The molecule has 1 N–H and O–H groups in total. The molecule has 0 aliphatic rings. The van der Waals surface area contributed by atoms with Gasteiger partial charge in [0.05, 0.1) is 12.1 Å². The predicted octanol–water partition coefficient (Wildman–Crippen LogP) is 0.441. The first-order valence-electron chi connectivity index (χ1n) is 4.32. The van der Waals surface area contributed by atoms with Crippen LogP contribution in [0.4, 0.5) is 0 Å². The van der Waals surface area contributed by atoms with E-state index in [0.717, 1.165) is 0 Å². The molecule has 0 bridgehead atoms. The number of aromatic nitrogens is 1. The van der Waals surface area contributed by atoms with Crippen molar-refractivity contribution in [3.05, 3.63) is 29.6 Å². The van der Waals surface area contributed by atoms with Crippen molar-refractivity contribution in [1.82, 2.24) is 10.3 Å². The number of rotatable bonds is 1. The number of carbonyl (C=O) groups excluding carboxylic acids is 1. The molecule has 1 heterocycles. The molecule has 4 nitrogen and oxygen atoms in total. The molecule has 0 fully saturated rings. The molecule has 4 heteroatoms. The number of hydrogen-bond acceptors (Lipinski definition) is 3. The Morgan fingerprint density at radius 1 is 1.67 bits per heavy atom. The average molecular weight is 199 g/mol. The van der Waals surface area contributed by atoms with Crippen molar-refractivity contribution in [3.8, 4) is 17.9 Å². The first-order chi connectivity index (χ1) is 7.24. The van der Waals surface area contributed by atoms with Crippen LogP contribution in [0.3, 0.4) is 0 Å². The second-order valence-corrected chi connectivity index (χ2v) is 2.72. The van der Waals surface area contributed by atoms with Crippen LogP contribution in [0.25, 0.3) is 0 Å². The number of amides is 1. The summed E-state index contributed by atoms with van der Waals surface area (Å²) >= 11 is 0. The molecule has 1 aromatic rings. The lowest BCUT2D eigenvalue weighted by Gasteiger charge is -1.93. The Labute approximate surface area is 87.9 Å². The number of nitrogens with one attached hydrogen (secondary N) is 1. The SMILES string of the molecule is CC(=O)NCC#Cc1cccnc1C#N. The molecule has 0 spiro atoms. The fraction of sp³-hybridized carbons (Fsp3) is 0.182. The average Bonchev–Trinajstić information content (AvgIpc) is 2.24. The zero-order chi connectivity index (χ0) is 11.1. The Morgan fingerprint density at radius 2 is 2.47 bits per heavy atom. The second kappa shape index (κ2) is 5.41. The molecule has 15 heavy (non-hydrogen) atoms. The van der Waals surface area contributed by atoms with E-state index in [0.29, 0.717) is 11.3 Å². The molecule has 1 amide bonds. The summed E-state index contributed by atoms with van der Waals surface area (Å²) in [6.07, 6.45) is 1.54. The van der Waals surface area contributed by atoms with E-state index in [9.17, 15) is 4.79 Å². The number of carbonyl (C=O) groups is 1. The maximum absolute atomic E-state index is 10.5. The van der Waals surface area contributed by atoms with E-state index in [1.165, 1.54) is 13.1 Å². The quantitative estimate of drug-likeness (QED) is 0.667. The van der Waals surface area contributed by atoms with Crippen molar-refractivity contribution in [2.45, 2.75) is 6.92 Å². The largest absolute Gasteiger partial charge is 0.345 e. The number of pyridine rings is 1. The maximum Gasteiger partial charge on any atom is 0.217 e. The molecule has 0 aliphatic carbocycles. The second-order valence-electron chi connectivity index (χ2n) is 2.72. The van der Waals surface area contributed by atoms with Gasteiger partial charge in [-0.1, -0.05) is 11.8 Å². The smallest absolute Gasteiger partial charge is 0.217 e. The van der Waals surface area contributed by atoms with Crippen LogP contribution >= 0.6 is 0 Å². The van der Waals surface area contributed by atoms with Crippen LogP contribution in [0.2, 0.25) is 0 Å². The van der Waals surface area contributed by atoms with Crippen molar-refractivity contribution >= 4 is 5.91 Å². The number of hydrogen-bond donors (Lipinski definition) is 1. The van der Waals surface area contributed by atoms with Gasteiger partial charge in [0.2, 0.25) is 5.91 Å². The number of nitriles is 1. The third-order valence-electron chi connectivity index (χ3n) is 1.56. The summed E-state index contributed by atoms with van der Waals surface area (Å²) in [4.78, 5) is 14.4. The van der Waals surface area contributed by atoms with Crippen molar-refractivity contribution in [2.75, 3.05) is 6.54 Å². The summed E-state index contributed by atoms with van der Waals surface area (Å²) in [7, 11) is 0. The van der Waals surface area contributed by atoms with Gasteiger partial charge in [-0.3, -0.25) is 4.79 Å². The van der Waals surface area contributed by atoms with E-state index in [-0.39, 0.29) is 12.5 Å². The molecule has 0 radical (unpaired) electrons. The van der Waals surface area contributed by atoms with E-state index in [2.05, 4.69) is 22.1 Å². The highest BCUT2D eigenvalue weighted by Gasteiger charge is 1.96. The molecular weight excluding hydrogens is 190 g/mol. The zero-order valence-electron chi connectivity index (χ0n) is 8.24. The Morgan fingerprint density at radius 3 is 3.13 bits per heavy atom. The van der Waals surface area contributed by atoms with Crippen LogP contribution in [-0.4, -0.2) is 17.4 Å². The Balaban J connectivity index is 2.72. The van der Waals surface area contributed by atoms with Crippen LogP contribution in [-0.2, 0) is 4.79 Å². The molecule has 0 aromatic carbocycles. The molecule has 1 rings (SSSR count). The fourth-order valence-electron chi connectivity index (χ4n) is 0.903. The van der Waals surface area contributed by atoms with Gasteiger partial charge >= 0.3 is 0 Å². The normalized spacial score (nSPS) is 8.27. The highest BCUT2D eigenvalue weighted by molar-refractivity contribution is 5.73. The maximum atomic E-state index is 10.5. The lowest BCUT2D eigenvalue weighted by molar-refractivity contribution is -0.118. The van der Waals surface area contributed by atoms with Gasteiger partial charge in [0.15, 0.2) is 5.69 Å². The van der Waals surface area contributed by atoms with Gasteiger partial charge < -0.3 is 5.32 Å². The lowest BCUT2D eigenvalue weighted by atomic mass is 10.2. The third kappa shape index (κ3) is 3.50. The Kier molecular flexibility index (Phi) is 3.88. The van der Waals surface area contributed by atoms with Crippen molar-refractivity contribution in [2.24, 2.45) is 0 Å². The lowest BCUT2D eigenvalue weighted by Crippen LogP contribution is -2.19. The van der Waals surface area contributed by atoms with E-state index in [4.69, 9.17) is 5.26 Å². The van der Waals surface area contributed by atoms with Gasteiger partial charge in [-0.15, -0.1) is 0 Å². The molecular formula is C11H9N3O. The molecule has 0 aliphatic heterocycles. The van der Waals surface area contributed by atoms with Crippen LogP contribution < -0.4 is 5.32 Å². The summed E-state index contributed by atoms with van der Waals surface area (Å²) < 4.78 is 0. The van der Waals surface area contributed by atoms with Gasteiger partial charge in [-0.05, 0) is 12.1 Å². The van der Waals surface area contributed by atoms with Crippen LogP contribution in [0.1, 0.15) is 18.2 Å². The summed E-state index contributed by atoms with van der Waals surface area (Å²) in [5, 5.41) is 11.3. The van der Waals surface area contributed by atoms with Crippen molar-refractivity contribution < 1.29 is 4.79 Å². The van der Waals surface area contributed by atoms with Gasteiger partial charge in [0.1, 0.15) is 6.07 Å².